The van der Waals surface area contributed by atoms with Crippen molar-refractivity contribution in [2.75, 3.05) is 13.1 Å². The zero-order chi connectivity index (χ0) is 19.7. The summed E-state index contributed by atoms with van der Waals surface area (Å²) in [6, 6.07) is 14.8. The van der Waals surface area contributed by atoms with E-state index in [-0.39, 0.29) is 17.6 Å². The van der Waals surface area contributed by atoms with Crippen LogP contribution in [0.2, 0.25) is 0 Å². The lowest BCUT2D eigenvalue weighted by molar-refractivity contribution is 0.0766. The Bertz CT molecular complexity index is 1060. The van der Waals surface area contributed by atoms with Gasteiger partial charge in [-0.15, -0.1) is 0 Å². The molecule has 0 spiro atoms. The van der Waals surface area contributed by atoms with Crippen LogP contribution in [-0.2, 0) is 7.05 Å². The van der Waals surface area contributed by atoms with E-state index in [1.165, 1.54) is 6.07 Å². The second-order valence-corrected chi connectivity index (χ2v) is 7.04. The third kappa shape index (κ3) is 3.55. The van der Waals surface area contributed by atoms with Crippen LogP contribution in [0.5, 0.6) is 5.75 Å². The number of H-pyrrole nitrogens is 1. The van der Waals surface area contributed by atoms with Crippen LogP contribution in [0.3, 0.4) is 0 Å². The Kier molecular flexibility index (Phi) is 4.73. The molecule has 3 aromatic rings. The highest BCUT2D eigenvalue weighted by Crippen LogP contribution is 2.21. The summed E-state index contributed by atoms with van der Waals surface area (Å²) < 4.78 is 7.52. The van der Waals surface area contributed by atoms with Gasteiger partial charge in [0.15, 0.2) is 0 Å². The van der Waals surface area contributed by atoms with Crippen molar-refractivity contribution in [2.24, 2.45) is 7.05 Å². The number of carbonyl (C=O) groups excluding carboxylic acids is 1. The molecule has 1 aromatic carbocycles. The summed E-state index contributed by atoms with van der Waals surface area (Å²) >= 11 is 0. The van der Waals surface area contributed by atoms with Gasteiger partial charge in [0.2, 0.25) is 0 Å². The number of nitrogens with zero attached hydrogens (tertiary/aromatic N) is 3. The summed E-state index contributed by atoms with van der Waals surface area (Å²) in [5.74, 6) is 0.453. The SMILES string of the molecule is Cc1cc(OC2CCN(C(=O)c3cc(-c4ccccc4)n[nH]3)C2)cc(=O)n1C. The molecule has 144 valence electrons. The monoisotopic (exact) mass is 378 g/mol. The van der Waals surface area contributed by atoms with Crippen molar-refractivity contribution in [3.05, 3.63) is 70.3 Å². The van der Waals surface area contributed by atoms with Gasteiger partial charge in [-0.3, -0.25) is 14.7 Å². The molecule has 1 atom stereocenters. The summed E-state index contributed by atoms with van der Waals surface area (Å²) in [7, 11) is 1.73. The summed E-state index contributed by atoms with van der Waals surface area (Å²) in [6.45, 7) is 2.95. The number of carbonyl (C=O) groups is 1. The predicted molar refractivity (Wildman–Crippen MR) is 105 cm³/mol. The average Bonchev–Trinajstić information content (AvgIpc) is 3.36. The van der Waals surface area contributed by atoms with E-state index in [2.05, 4.69) is 10.2 Å². The predicted octanol–water partition coefficient (Wildman–Crippen LogP) is 2.38. The molecule has 1 aliphatic heterocycles. The first kappa shape index (κ1) is 18.0. The van der Waals surface area contributed by atoms with E-state index in [0.29, 0.717) is 24.5 Å². The van der Waals surface area contributed by atoms with E-state index in [0.717, 1.165) is 23.4 Å². The lowest BCUT2D eigenvalue weighted by atomic mass is 10.1. The van der Waals surface area contributed by atoms with Gasteiger partial charge in [0.25, 0.3) is 11.5 Å². The van der Waals surface area contributed by atoms with Crippen LogP contribution in [0.25, 0.3) is 11.3 Å². The number of hydrogen-bond donors (Lipinski definition) is 1. The molecule has 1 amide bonds. The number of hydrogen-bond acceptors (Lipinski definition) is 4. The number of aryl methyl sites for hydroxylation is 1. The summed E-state index contributed by atoms with van der Waals surface area (Å²) in [5.41, 5.74) is 2.89. The maximum absolute atomic E-state index is 12.8. The van der Waals surface area contributed by atoms with Crippen molar-refractivity contribution >= 4 is 5.91 Å². The Balaban J connectivity index is 1.42. The van der Waals surface area contributed by atoms with Crippen LogP contribution < -0.4 is 10.3 Å². The van der Waals surface area contributed by atoms with Crippen molar-refractivity contribution in [1.82, 2.24) is 19.7 Å². The van der Waals surface area contributed by atoms with E-state index < -0.39 is 0 Å². The van der Waals surface area contributed by atoms with Crippen molar-refractivity contribution in [3.8, 4) is 17.0 Å². The van der Waals surface area contributed by atoms with Gasteiger partial charge in [-0.05, 0) is 19.1 Å². The quantitative estimate of drug-likeness (QED) is 0.756. The first-order valence-electron chi connectivity index (χ1n) is 9.26. The minimum absolute atomic E-state index is 0.0964. The molecule has 0 bridgehead atoms. The van der Waals surface area contributed by atoms with Gasteiger partial charge in [-0.2, -0.15) is 5.10 Å². The topological polar surface area (TPSA) is 80.2 Å². The molecule has 28 heavy (non-hydrogen) atoms. The molecule has 0 radical (unpaired) electrons. The fraction of sp³-hybridized carbons (Fsp3) is 0.286. The molecule has 0 aliphatic carbocycles. The molecule has 7 nitrogen and oxygen atoms in total. The minimum atomic E-state index is -0.132. The number of rotatable bonds is 4. The zero-order valence-electron chi connectivity index (χ0n) is 15.9. The first-order valence-corrected chi connectivity index (χ1v) is 9.26. The molecular weight excluding hydrogens is 356 g/mol. The normalized spacial score (nSPS) is 16.4. The third-order valence-corrected chi connectivity index (χ3v) is 5.09. The van der Waals surface area contributed by atoms with E-state index in [1.54, 1.807) is 22.6 Å². The number of aromatic nitrogens is 3. The number of amides is 1. The molecule has 2 aromatic heterocycles. The molecule has 1 N–H and O–H groups in total. The maximum atomic E-state index is 12.8. The van der Waals surface area contributed by atoms with Crippen LogP contribution in [0, 0.1) is 6.92 Å². The van der Waals surface area contributed by atoms with Crippen LogP contribution in [-0.4, -0.2) is 44.8 Å². The average molecular weight is 378 g/mol. The summed E-state index contributed by atoms with van der Waals surface area (Å²) in [6.07, 6.45) is 0.589. The van der Waals surface area contributed by atoms with Crippen LogP contribution in [0.4, 0.5) is 0 Å². The zero-order valence-corrected chi connectivity index (χ0v) is 15.9. The van der Waals surface area contributed by atoms with Gasteiger partial charge in [0, 0.05) is 37.3 Å². The van der Waals surface area contributed by atoms with Crippen molar-refractivity contribution in [1.29, 1.82) is 0 Å². The fourth-order valence-electron chi connectivity index (χ4n) is 3.36. The van der Waals surface area contributed by atoms with Crippen molar-refractivity contribution in [2.45, 2.75) is 19.4 Å². The third-order valence-electron chi connectivity index (χ3n) is 5.09. The molecule has 4 rings (SSSR count). The fourth-order valence-corrected chi connectivity index (χ4v) is 3.36. The lowest BCUT2D eigenvalue weighted by Crippen LogP contribution is -2.31. The van der Waals surface area contributed by atoms with Crippen LogP contribution in [0.15, 0.2) is 53.3 Å². The highest BCUT2D eigenvalue weighted by atomic mass is 16.5. The standard InChI is InChI=1S/C21H22N4O3/c1-14-10-17(11-20(26)24(14)2)28-16-8-9-25(13-16)21(27)19-12-18(22-23-19)15-6-4-3-5-7-15/h3-7,10-12,16H,8-9,13H2,1-2H3,(H,22,23). The minimum Gasteiger partial charge on any atom is -0.488 e. The number of ether oxygens (including phenoxy) is 1. The van der Waals surface area contributed by atoms with E-state index in [4.69, 9.17) is 4.74 Å². The van der Waals surface area contributed by atoms with Gasteiger partial charge >= 0.3 is 0 Å². The maximum Gasteiger partial charge on any atom is 0.272 e. The van der Waals surface area contributed by atoms with Gasteiger partial charge in [0.1, 0.15) is 17.5 Å². The lowest BCUT2D eigenvalue weighted by Gasteiger charge is -2.17. The van der Waals surface area contributed by atoms with E-state index in [1.807, 2.05) is 43.3 Å². The van der Waals surface area contributed by atoms with Crippen molar-refractivity contribution < 1.29 is 9.53 Å². The summed E-state index contributed by atoms with van der Waals surface area (Å²) in [5, 5.41) is 7.09. The second kappa shape index (κ2) is 7.34. The number of pyridine rings is 1. The number of aromatic amines is 1. The Morgan fingerprint density at radius 3 is 2.75 bits per heavy atom. The van der Waals surface area contributed by atoms with E-state index in [9.17, 15) is 9.59 Å². The number of likely N-dealkylation sites (tertiary alicyclic amines) is 1. The summed E-state index contributed by atoms with van der Waals surface area (Å²) in [4.78, 5) is 26.5. The Hall–Kier alpha value is -3.35. The van der Waals surface area contributed by atoms with Gasteiger partial charge in [-0.25, -0.2) is 0 Å². The number of benzene rings is 1. The van der Waals surface area contributed by atoms with Crippen LogP contribution in [0.1, 0.15) is 22.6 Å². The smallest absolute Gasteiger partial charge is 0.272 e. The van der Waals surface area contributed by atoms with E-state index >= 15 is 0 Å². The molecule has 0 saturated carbocycles. The molecule has 1 aliphatic rings. The Morgan fingerprint density at radius 1 is 1.21 bits per heavy atom. The molecule has 3 heterocycles. The largest absolute Gasteiger partial charge is 0.488 e. The molecule has 1 saturated heterocycles. The molecule has 1 unspecified atom stereocenters. The van der Waals surface area contributed by atoms with Crippen molar-refractivity contribution in [3.63, 3.8) is 0 Å². The van der Waals surface area contributed by atoms with Crippen LogP contribution >= 0.6 is 0 Å². The first-order chi connectivity index (χ1) is 13.5. The second-order valence-electron chi connectivity index (χ2n) is 7.04. The van der Waals surface area contributed by atoms with Gasteiger partial charge < -0.3 is 14.2 Å². The Labute approximate surface area is 162 Å². The number of nitrogens with one attached hydrogen (secondary N) is 1. The molecule has 7 heteroatoms. The van der Waals surface area contributed by atoms with Gasteiger partial charge in [-0.1, -0.05) is 30.3 Å². The molecule has 1 fully saturated rings. The molecular formula is C21H22N4O3. The highest BCUT2D eigenvalue weighted by molar-refractivity contribution is 5.93. The Morgan fingerprint density at radius 2 is 2.00 bits per heavy atom. The highest BCUT2D eigenvalue weighted by Gasteiger charge is 2.29. The van der Waals surface area contributed by atoms with Gasteiger partial charge in [0.05, 0.1) is 12.2 Å².